The Morgan fingerprint density at radius 1 is 1.53 bits per heavy atom. The summed E-state index contributed by atoms with van der Waals surface area (Å²) in [5.41, 5.74) is 6.17. The Bertz CT molecular complexity index is 344. The maximum Gasteiger partial charge on any atom is 0.194 e. The van der Waals surface area contributed by atoms with E-state index < -0.39 is 17.6 Å². The summed E-state index contributed by atoms with van der Waals surface area (Å²) >= 11 is 0. The Morgan fingerprint density at radius 3 is 2.73 bits per heavy atom. The van der Waals surface area contributed by atoms with Crippen LogP contribution < -0.4 is 10.5 Å². The number of benzene rings is 1. The number of aliphatic hydroxyl groups excluding tert-OH is 1. The molecule has 0 fully saturated rings. The van der Waals surface area contributed by atoms with Gasteiger partial charge in [0, 0.05) is 12.6 Å². The molecule has 0 saturated carbocycles. The fourth-order valence-electron chi connectivity index (χ4n) is 1.27. The van der Waals surface area contributed by atoms with Gasteiger partial charge in [-0.2, -0.15) is 0 Å². The summed E-state index contributed by atoms with van der Waals surface area (Å²) in [6.45, 7) is -0.0774. The molecular formula is C10H14FNO3. The van der Waals surface area contributed by atoms with Crippen molar-refractivity contribution >= 4 is 0 Å². The molecule has 0 spiro atoms. The summed E-state index contributed by atoms with van der Waals surface area (Å²) in [4.78, 5) is 0. The topological polar surface area (TPSA) is 75.7 Å². The molecule has 1 atom stereocenters. The van der Waals surface area contributed by atoms with E-state index in [-0.39, 0.29) is 12.4 Å². The van der Waals surface area contributed by atoms with E-state index in [4.69, 9.17) is 15.6 Å². The number of hydrogen-bond acceptors (Lipinski definition) is 4. The molecule has 0 aliphatic rings. The van der Waals surface area contributed by atoms with Crippen molar-refractivity contribution in [2.75, 3.05) is 13.7 Å². The van der Waals surface area contributed by atoms with Gasteiger partial charge in [-0.15, -0.1) is 0 Å². The van der Waals surface area contributed by atoms with Crippen molar-refractivity contribution < 1.29 is 19.3 Å². The largest absolute Gasteiger partial charge is 0.502 e. The summed E-state index contributed by atoms with van der Waals surface area (Å²) in [5.74, 6) is -1.27. The first kappa shape index (κ1) is 11.7. The van der Waals surface area contributed by atoms with Crippen LogP contribution in [0.5, 0.6) is 11.5 Å². The van der Waals surface area contributed by atoms with Crippen molar-refractivity contribution in [2.45, 2.75) is 12.5 Å². The highest BCUT2D eigenvalue weighted by Gasteiger charge is 2.14. The quantitative estimate of drug-likeness (QED) is 0.698. The van der Waals surface area contributed by atoms with Gasteiger partial charge in [-0.1, -0.05) is 0 Å². The van der Waals surface area contributed by atoms with Crippen LogP contribution in [0.25, 0.3) is 0 Å². The van der Waals surface area contributed by atoms with E-state index in [1.54, 1.807) is 0 Å². The van der Waals surface area contributed by atoms with Gasteiger partial charge in [0.25, 0.3) is 0 Å². The molecule has 0 bridgehead atoms. The third-order valence-electron chi connectivity index (χ3n) is 2.14. The molecule has 0 aliphatic carbocycles. The summed E-state index contributed by atoms with van der Waals surface area (Å²) in [7, 11) is 1.33. The van der Waals surface area contributed by atoms with E-state index in [0.29, 0.717) is 12.0 Å². The highest BCUT2D eigenvalue weighted by Crippen LogP contribution is 2.32. The van der Waals surface area contributed by atoms with Crippen LogP contribution in [0.1, 0.15) is 18.0 Å². The lowest BCUT2D eigenvalue weighted by atomic mass is 10.0. The van der Waals surface area contributed by atoms with Gasteiger partial charge in [-0.05, 0) is 24.1 Å². The smallest absolute Gasteiger partial charge is 0.194 e. The molecule has 1 aromatic carbocycles. The molecule has 1 unspecified atom stereocenters. The van der Waals surface area contributed by atoms with Gasteiger partial charge in [0.15, 0.2) is 17.3 Å². The highest BCUT2D eigenvalue weighted by atomic mass is 19.1. The number of rotatable bonds is 4. The molecular weight excluding hydrogens is 201 g/mol. The number of ether oxygens (including phenoxy) is 1. The Labute approximate surface area is 87.1 Å². The second-order valence-corrected chi connectivity index (χ2v) is 3.17. The molecule has 0 radical (unpaired) electrons. The highest BCUT2D eigenvalue weighted by molar-refractivity contribution is 5.43. The summed E-state index contributed by atoms with van der Waals surface area (Å²) < 4.78 is 18.0. The minimum atomic E-state index is -0.780. The third-order valence-corrected chi connectivity index (χ3v) is 2.14. The van der Waals surface area contributed by atoms with E-state index in [0.717, 1.165) is 6.07 Å². The second kappa shape index (κ2) is 4.95. The average Bonchev–Trinajstić information content (AvgIpc) is 2.22. The van der Waals surface area contributed by atoms with Crippen molar-refractivity contribution in [3.63, 3.8) is 0 Å². The number of phenols is 1. The van der Waals surface area contributed by atoms with E-state index >= 15 is 0 Å². The Hall–Kier alpha value is -1.33. The number of methoxy groups -OCH3 is 1. The fourth-order valence-corrected chi connectivity index (χ4v) is 1.27. The first-order chi connectivity index (χ1) is 7.10. The SMILES string of the molecule is COc1cc(C(N)CCO)cc(F)c1O. The van der Waals surface area contributed by atoms with Crippen molar-refractivity contribution in [1.82, 2.24) is 0 Å². The van der Waals surface area contributed by atoms with Gasteiger partial charge in [0.2, 0.25) is 0 Å². The summed E-state index contributed by atoms with van der Waals surface area (Å²) in [5, 5.41) is 17.9. The van der Waals surface area contributed by atoms with E-state index in [1.807, 2.05) is 0 Å². The molecule has 1 rings (SSSR count). The zero-order valence-corrected chi connectivity index (χ0v) is 8.40. The monoisotopic (exact) mass is 215 g/mol. The number of phenolic OH excluding ortho intramolecular Hbond substituents is 1. The van der Waals surface area contributed by atoms with Crippen molar-refractivity contribution in [1.29, 1.82) is 0 Å². The maximum absolute atomic E-state index is 13.2. The molecule has 0 aromatic heterocycles. The number of nitrogens with two attached hydrogens (primary N) is 1. The molecule has 0 saturated heterocycles. The molecule has 5 heteroatoms. The average molecular weight is 215 g/mol. The van der Waals surface area contributed by atoms with Gasteiger partial charge in [-0.3, -0.25) is 0 Å². The van der Waals surface area contributed by atoms with Crippen LogP contribution in [-0.2, 0) is 0 Å². The second-order valence-electron chi connectivity index (χ2n) is 3.17. The Balaban J connectivity index is 3.05. The van der Waals surface area contributed by atoms with Crippen molar-refractivity contribution in [3.05, 3.63) is 23.5 Å². The van der Waals surface area contributed by atoms with Crippen LogP contribution in [0.4, 0.5) is 4.39 Å². The lowest BCUT2D eigenvalue weighted by Crippen LogP contribution is -2.12. The van der Waals surface area contributed by atoms with Gasteiger partial charge < -0.3 is 20.7 Å². The first-order valence-corrected chi connectivity index (χ1v) is 4.53. The van der Waals surface area contributed by atoms with Crippen LogP contribution in [0, 0.1) is 5.82 Å². The minimum absolute atomic E-state index is 0.0402. The van der Waals surface area contributed by atoms with Crippen LogP contribution in [0.3, 0.4) is 0 Å². The van der Waals surface area contributed by atoms with Crippen LogP contribution in [-0.4, -0.2) is 23.9 Å². The Morgan fingerprint density at radius 2 is 2.20 bits per heavy atom. The molecule has 0 heterocycles. The fraction of sp³-hybridized carbons (Fsp3) is 0.400. The van der Waals surface area contributed by atoms with E-state index in [2.05, 4.69) is 0 Å². The minimum Gasteiger partial charge on any atom is -0.502 e. The number of aromatic hydroxyl groups is 1. The van der Waals surface area contributed by atoms with E-state index in [9.17, 15) is 9.50 Å². The van der Waals surface area contributed by atoms with Crippen molar-refractivity contribution in [2.24, 2.45) is 5.73 Å². The lowest BCUT2D eigenvalue weighted by Gasteiger charge is -2.13. The molecule has 4 N–H and O–H groups in total. The molecule has 0 amide bonds. The predicted octanol–water partition coefficient (Wildman–Crippen LogP) is 0.922. The normalized spacial score (nSPS) is 12.5. The van der Waals surface area contributed by atoms with Crippen molar-refractivity contribution in [3.8, 4) is 11.5 Å². The van der Waals surface area contributed by atoms with Crippen LogP contribution in [0.2, 0.25) is 0 Å². The Kier molecular flexibility index (Phi) is 3.88. The maximum atomic E-state index is 13.2. The molecule has 15 heavy (non-hydrogen) atoms. The standard InChI is InChI=1S/C10H14FNO3/c1-15-9-5-6(8(12)2-3-13)4-7(11)10(9)14/h4-5,8,13-14H,2-3,12H2,1H3. The van der Waals surface area contributed by atoms with Gasteiger partial charge in [-0.25, -0.2) is 4.39 Å². The molecule has 0 aliphatic heterocycles. The van der Waals surface area contributed by atoms with Crippen LogP contribution in [0.15, 0.2) is 12.1 Å². The third kappa shape index (κ3) is 2.57. The lowest BCUT2D eigenvalue weighted by molar-refractivity contribution is 0.276. The number of aliphatic hydroxyl groups is 1. The number of hydrogen-bond donors (Lipinski definition) is 3. The van der Waals surface area contributed by atoms with Gasteiger partial charge >= 0.3 is 0 Å². The van der Waals surface area contributed by atoms with Gasteiger partial charge in [0.1, 0.15) is 0 Å². The molecule has 4 nitrogen and oxygen atoms in total. The summed E-state index contributed by atoms with van der Waals surface area (Å²) in [6, 6.07) is 2.12. The predicted molar refractivity (Wildman–Crippen MR) is 53.2 cm³/mol. The summed E-state index contributed by atoms with van der Waals surface area (Å²) in [6.07, 6.45) is 0.327. The van der Waals surface area contributed by atoms with E-state index in [1.165, 1.54) is 13.2 Å². The van der Waals surface area contributed by atoms with Gasteiger partial charge in [0.05, 0.1) is 7.11 Å². The molecule has 84 valence electrons. The first-order valence-electron chi connectivity index (χ1n) is 4.53. The number of halogens is 1. The van der Waals surface area contributed by atoms with Crippen LogP contribution >= 0.6 is 0 Å². The molecule has 1 aromatic rings. The zero-order chi connectivity index (χ0) is 11.4. The zero-order valence-electron chi connectivity index (χ0n) is 8.40.